The number of nitrogens with one attached hydrogen (secondary N) is 1. The van der Waals surface area contributed by atoms with E-state index in [1.54, 1.807) is 11.8 Å². The lowest BCUT2D eigenvalue weighted by Gasteiger charge is -2.46. The van der Waals surface area contributed by atoms with Crippen LogP contribution in [0.4, 0.5) is 5.69 Å². The molecule has 1 rings (SSSR count). The van der Waals surface area contributed by atoms with Crippen molar-refractivity contribution in [3.05, 3.63) is 30.3 Å². The number of rotatable bonds is 5. The lowest BCUT2D eigenvalue weighted by atomic mass is 9.60. The highest BCUT2D eigenvalue weighted by molar-refractivity contribution is 7.98. The molecular formula is C19H31NOS. The lowest BCUT2D eigenvalue weighted by molar-refractivity contribution is -0.132. The number of hydrogen-bond acceptors (Lipinski definition) is 2. The van der Waals surface area contributed by atoms with Crippen LogP contribution in [0.3, 0.4) is 0 Å². The fraction of sp³-hybridized carbons (Fsp3) is 0.632. The van der Waals surface area contributed by atoms with E-state index in [1.807, 2.05) is 30.3 Å². The number of para-hydroxylation sites is 1. The summed E-state index contributed by atoms with van der Waals surface area (Å²) in [5.74, 6) is 0.961. The minimum absolute atomic E-state index is 0.0943. The van der Waals surface area contributed by atoms with Gasteiger partial charge in [0.1, 0.15) is 0 Å². The van der Waals surface area contributed by atoms with E-state index in [0.29, 0.717) is 0 Å². The largest absolute Gasteiger partial charge is 0.326 e. The summed E-state index contributed by atoms with van der Waals surface area (Å²) >= 11 is 1.75. The third kappa shape index (κ3) is 4.77. The Hall–Kier alpha value is -0.960. The van der Waals surface area contributed by atoms with E-state index in [1.165, 1.54) is 0 Å². The summed E-state index contributed by atoms with van der Waals surface area (Å²) in [6, 6.07) is 9.76. The van der Waals surface area contributed by atoms with Crippen LogP contribution in [-0.2, 0) is 4.79 Å². The fourth-order valence-corrected chi connectivity index (χ4v) is 4.10. The molecule has 124 valence electrons. The zero-order valence-corrected chi connectivity index (χ0v) is 15.9. The smallest absolute Gasteiger partial charge is 0.231 e. The first-order chi connectivity index (χ1) is 10.0. The van der Waals surface area contributed by atoms with Gasteiger partial charge in [0.25, 0.3) is 0 Å². The molecule has 1 aromatic carbocycles. The van der Waals surface area contributed by atoms with Crippen molar-refractivity contribution < 1.29 is 4.79 Å². The van der Waals surface area contributed by atoms with Crippen molar-refractivity contribution in [1.82, 2.24) is 0 Å². The van der Waals surface area contributed by atoms with Crippen LogP contribution < -0.4 is 5.32 Å². The van der Waals surface area contributed by atoms with Gasteiger partial charge in [0.15, 0.2) is 0 Å². The minimum Gasteiger partial charge on any atom is -0.326 e. The van der Waals surface area contributed by atoms with Crippen molar-refractivity contribution in [2.24, 2.45) is 16.2 Å². The van der Waals surface area contributed by atoms with Crippen molar-refractivity contribution in [1.29, 1.82) is 0 Å². The van der Waals surface area contributed by atoms with Gasteiger partial charge in [-0.15, -0.1) is 0 Å². The molecule has 0 saturated heterocycles. The highest BCUT2D eigenvalue weighted by Gasteiger charge is 2.49. The Bertz CT molecular complexity index is 484. The number of amides is 1. The fourth-order valence-electron chi connectivity index (χ4n) is 2.94. The summed E-state index contributed by atoms with van der Waals surface area (Å²) in [7, 11) is 0. The summed E-state index contributed by atoms with van der Waals surface area (Å²) in [4.78, 5) is 13.2. The molecule has 0 radical (unpaired) electrons. The van der Waals surface area contributed by atoms with Gasteiger partial charge in [0.2, 0.25) is 5.91 Å². The Morgan fingerprint density at radius 2 is 1.59 bits per heavy atom. The lowest BCUT2D eigenvalue weighted by Crippen LogP contribution is -2.50. The average Bonchev–Trinajstić information content (AvgIpc) is 2.36. The van der Waals surface area contributed by atoms with Crippen LogP contribution in [0, 0.1) is 16.2 Å². The van der Waals surface area contributed by atoms with Crippen LogP contribution in [0.1, 0.15) is 48.0 Å². The molecule has 0 spiro atoms. The molecule has 0 fully saturated rings. The molecule has 0 aliphatic heterocycles. The Kier molecular flexibility index (Phi) is 6.14. The van der Waals surface area contributed by atoms with Crippen molar-refractivity contribution in [2.75, 3.05) is 17.3 Å². The summed E-state index contributed by atoms with van der Waals surface area (Å²) in [6.45, 7) is 13.2. The van der Waals surface area contributed by atoms with Gasteiger partial charge >= 0.3 is 0 Å². The van der Waals surface area contributed by atoms with Crippen molar-refractivity contribution >= 4 is 23.4 Å². The maximum atomic E-state index is 13.2. The Balaban J connectivity index is 3.20. The molecule has 0 heterocycles. The zero-order chi connectivity index (χ0) is 17.0. The molecule has 0 aliphatic carbocycles. The Morgan fingerprint density at radius 3 is 2.00 bits per heavy atom. The number of benzene rings is 1. The molecular weight excluding hydrogens is 290 g/mol. The SMILES string of the molecule is CSCC(CC(C)(C)C)(C(=O)Nc1ccccc1)C(C)(C)C. The molecule has 0 aliphatic rings. The monoisotopic (exact) mass is 321 g/mol. The highest BCUT2D eigenvalue weighted by Crippen LogP contribution is 2.49. The molecule has 1 amide bonds. The van der Waals surface area contributed by atoms with Crippen molar-refractivity contribution in [2.45, 2.75) is 48.0 Å². The molecule has 0 aromatic heterocycles. The summed E-state index contributed by atoms with van der Waals surface area (Å²) in [5.41, 5.74) is 0.454. The molecule has 0 bridgehead atoms. The number of hydrogen-bond donors (Lipinski definition) is 1. The second-order valence-electron chi connectivity index (χ2n) is 8.32. The van der Waals surface area contributed by atoms with E-state index < -0.39 is 5.41 Å². The van der Waals surface area contributed by atoms with E-state index in [2.05, 4.69) is 53.1 Å². The topological polar surface area (TPSA) is 29.1 Å². The predicted octanol–water partition coefficient (Wildman–Crippen LogP) is 5.46. The number of carbonyl (C=O) groups is 1. The minimum atomic E-state index is -0.402. The van der Waals surface area contributed by atoms with E-state index >= 15 is 0 Å². The summed E-state index contributed by atoms with van der Waals surface area (Å²) in [6.07, 6.45) is 2.95. The molecule has 1 atom stereocenters. The van der Waals surface area contributed by atoms with E-state index in [9.17, 15) is 4.79 Å². The van der Waals surface area contributed by atoms with Gasteiger partial charge in [-0.05, 0) is 35.6 Å². The van der Waals surface area contributed by atoms with E-state index in [4.69, 9.17) is 0 Å². The van der Waals surface area contributed by atoms with Crippen LogP contribution in [0.2, 0.25) is 0 Å². The maximum Gasteiger partial charge on any atom is 0.231 e. The molecule has 1 aromatic rings. The van der Waals surface area contributed by atoms with Gasteiger partial charge in [-0.25, -0.2) is 0 Å². The van der Waals surface area contributed by atoms with Gasteiger partial charge in [-0.3, -0.25) is 4.79 Å². The van der Waals surface area contributed by atoms with Crippen molar-refractivity contribution in [3.63, 3.8) is 0 Å². The van der Waals surface area contributed by atoms with Crippen LogP contribution in [0.25, 0.3) is 0 Å². The van der Waals surface area contributed by atoms with Gasteiger partial charge in [0.05, 0.1) is 5.41 Å². The van der Waals surface area contributed by atoms with Crippen LogP contribution in [-0.4, -0.2) is 17.9 Å². The second-order valence-corrected chi connectivity index (χ2v) is 9.19. The standard InChI is InChI=1S/C19H31NOS/c1-17(2,3)13-19(14-22-7,18(4,5)6)16(21)20-15-11-9-8-10-12-15/h8-12H,13-14H2,1-7H3,(H,20,21). The van der Waals surface area contributed by atoms with Crippen LogP contribution in [0.5, 0.6) is 0 Å². The third-order valence-corrected chi connectivity index (χ3v) is 4.91. The normalized spacial score (nSPS) is 15.2. The zero-order valence-electron chi connectivity index (χ0n) is 15.1. The molecule has 3 heteroatoms. The highest BCUT2D eigenvalue weighted by atomic mass is 32.2. The number of thioether (sulfide) groups is 1. The molecule has 1 unspecified atom stereocenters. The molecule has 22 heavy (non-hydrogen) atoms. The van der Waals surface area contributed by atoms with E-state index in [0.717, 1.165) is 17.9 Å². The number of carbonyl (C=O) groups excluding carboxylic acids is 1. The second kappa shape index (κ2) is 7.08. The van der Waals surface area contributed by atoms with Crippen molar-refractivity contribution in [3.8, 4) is 0 Å². The van der Waals surface area contributed by atoms with Gasteiger partial charge < -0.3 is 5.32 Å². The van der Waals surface area contributed by atoms with Gasteiger partial charge in [-0.1, -0.05) is 59.7 Å². The van der Waals surface area contributed by atoms with Crippen LogP contribution in [0.15, 0.2) is 30.3 Å². The van der Waals surface area contributed by atoms with E-state index in [-0.39, 0.29) is 16.7 Å². The average molecular weight is 322 g/mol. The first kappa shape index (κ1) is 19.1. The van der Waals surface area contributed by atoms with Gasteiger partial charge in [-0.2, -0.15) is 11.8 Å². The first-order valence-electron chi connectivity index (χ1n) is 7.87. The number of anilines is 1. The summed E-state index contributed by atoms with van der Waals surface area (Å²) < 4.78 is 0. The predicted molar refractivity (Wildman–Crippen MR) is 99.4 cm³/mol. The Morgan fingerprint density at radius 1 is 1.05 bits per heavy atom. The Labute approximate surface area is 140 Å². The molecule has 2 nitrogen and oxygen atoms in total. The molecule has 0 saturated carbocycles. The van der Waals surface area contributed by atoms with Crippen LogP contribution >= 0.6 is 11.8 Å². The van der Waals surface area contributed by atoms with Gasteiger partial charge in [0, 0.05) is 11.4 Å². The third-order valence-electron chi connectivity index (χ3n) is 4.12. The summed E-state index contributed by atoms with van der Waals surface area (Å²) in [5, 5.41) is 3.14. The first-order valence-corrected chi connectivity index (χ1v) is 9.27. The molecule has 1 N–H and O–H groups in total. The maximum absolute atomic E-state index is 13.2. The quantitative estimate of drug-likeness (QED) is 0.780.